The molecule has 0 amide bonds. The van der Waals surface area contributed by atoms with Crippen LogP contribution < -0.4 is 5.32 Å². The summed E-state index contributed by atoms with van der Waals surface area (Å²) in [4.78, 5) is 12.0. The molecule has 1 unspecified atom stereocenters. The second-order valence-corrected chi connectivity index (χ2v) is 9.49. The van der Waals surface area contributed by atoms with Crippen molar-refractivity contribution in [2.24, 2.45) is 0 Å². The Labute approximate surface area is 180 Å². The first kappa shape index (κ1) is 21.5. The lowest BCUT2D eigenvalue weighted by atomic mass is 9.93. The summed E-state index contributed by atoms with van der Waals surface area (Å²) in [5, 5.41) is 19.7. The largest absolute Gasteiger partial charge is 0.393 e. The fourth-order valence-electron chi connectivity index (χ4n) is 5.11. The van der Waals surface area contributed by atoms with E-state index in [1.165, 1.54) is 18.5 Å². The summed E-state index contributed by atoms with van der Waals surface area (Å²) in [5.41, 5.74) is 2.14. The third-order valence-electron chi connectivity index (χ3n) is 6.92. The molecule has 1 aliphatic carbocycles. The first-order valence-electron chi connectivity index (χ1n) is 11.9. The van der Waals surface area contributed by atoms with E-state index in [-0.39, 0.29) is 6.10 Å². The summed E-state index contributed by atoms with van der Waals surface area (Å²) in [6, 6.07) is 0.666. The zero-order valence-electron chi connectivity index (χ0n) is 18.8. The molecule has 1 saturated carbocycles. The van der Waals surface area contributed by atoms with Crippen molar-refractivity contribution in [1.82, 2.24) is 24.6 Å². The molecular weight excluding hydrogens is 376 g/mol. The molecule has 2 atom stereocenters. The monoisotopic (exact) mass is 414 g/mol. The molecule has 2 N–H and O–H groups in total. The van der Waals surface area contributed by atoms with Crippen molar-refractivity contribution in [3.8, 4) is 0 Å². The minimum Gasteiger partial charge on any atom is -0.393 e. The molecule has 2 aliphatic rings. The number of fused-ring (bicyclic) bond motifs is 1. The van der Waals surface area contributed by atoms with Crippen LogP contribution in [0.5, 0.6) is 0 Å². The second-order valence-electron chi connectivity index (χ2n) is 9.49. The molecule has 1 saturated heterocycles. The Morgan fingerprint density at radius 2 is 1.97 bits per heavy atom. The highest BCUT2D eigenvalue weighted by Crippen LogP contribution is 2.36. The van der Waals surface area contributed by atoms with E-state index in [1.54, 1.807) is 0 Å². The van der Waals surface area contributed by atoms with Crippen LogP contribution in [0.3, 0.4) is 0 Å². The molecule has 3 heterocycles. The number of nitrogens with zero attached hydrogens (tertiary/aromatic N) is 5. The highest BCUT2D eigenvalue weighted by Gasteiger charge is 2.28. The fraction of sp³-hybridized carbons (Fsp3) is 0.783. The number of aliphatic hydroxyl groups is 1. The maximum Gasteiger partial charge on any atom is 0.224 e. The van der Waals surface area contributed by atoms with Gasteiger partial charge >= 0.3 is 0 Å². The van der Waals surface area contributed by atoms with Crippen LogP contribution in [0.1, 0.15) is 89.3 Å². The predicted molar refractivity (Wildman–Crippen MR) is 121 cm³/mol. The van der Waals surface area contributed by atoms with Crippen molar-refractivity contribution < 1.29 is 5.11 Å². The van der Waals surface area contributed by atoms with Crippen LogP contribution in [0.2, 0.25) is 0 Å². The van der Waals surface area contributed by atoms with Crippen LogP contribution in [0, 0.1) is 0 Å². The van der Waals surface area contributed by atoms with E-state index in [0.717, 1.165) is 69.1 Å². The van der Waals surface area contributed by atoms with E-state index >= 15 is 0 Å². The third-order valence-corrected chi connectivity index (χ3v) is 6.92. The molecule has 0 radical (unpaired) electrons. The van der Waals surface area contributed by atoms with Crippen LogP contribution in [0.15, 0.2) is 6.20 Å². The molecule has 4 rings (SSSR count). The Bertz CT molecular complexity index is 828. The topological polar surface area (TPSA) is 79.1 Å². The average molecular weight is 415 g/mol. The van der Waals surface area contributed by atoms with E-state index in [2.05, 4.69) is 40.8 Å². The number of aliphatic hydroxyl groups excluding tert-OH is 1. The lowest BCUT2D eigenvalue weighted by Crippen LogP contribution is -2.22. The number of likely N-dealkylation sites (tertiary alicyclic amines) is 1. The minimum atomic E-state index is -0.165. The van der Waals surface area contributed by atoms with Gasteiger partial charge in [0.05, 0.1) is 23.2 Å². The molecule has 1 aliphatic heterocycles. The van der Waals surface area contributed by atoms with Crippen LogP contribution in [-0.4, -0.2) is 62.0 Å². The normalized spacial score (nSPS) is 27.1. The Balaban J connectivity index is 1.69. The van der Waals surface area contributed by atoms with Gasteiger partial charge in [0.2, 0.25) is 5.95 Å². The Morgan fingerprint density at radius 1 is 1.17 bits per heavy atom. The van der Waals surface area contributed by atoms with E-state index in [1.807, 2.05) is 6.20 Å². The van der Waals surface area contributed by atoms with E-state index < -0.39 is 0 Å². The summed E-state index contributed by atoms with van der Waals surface area (Å²) < 4.78 is 2.17. The van der Waals surface area contributed by atoms with Gasteiger partial charge in [-0.15, -0.1) is 0 Å². The van der Waals surface area contributed by atoms with Gasteiger partial charge in [-0.25, -0.2) is 9.67 Å². The highest BCUT2D eigenvalue weighted by atomic mass is 16.3. The number of nitrogens with one attached hydrogen (secondary N) is 1. The predicted octanol–water partition coefficient (Wildman–Crippen LogP) is 4.10. The Morgan fingerprint density at radius 3 is 2.73 bits per heavy atom. The van der Waals surface area contributed by atoms with Crippen LogP contribution in [-0.2, 0) is 0 Å². The average Bonchev–Trinajstić information content (AvgIpc) is 2.96. The Kier molecular flexibility index (Phi) is 6.88. The molecule has 0 spiro atoms. The third kappa shape index (κ3) is 4.78. The van der Waals surface area contributed by atoms with Crippen molar-refractivity contribution in [2.45, 2.75) is 95.7 Å². The standard InChI is InChI=1S/C23H38N6O/c1-4-6-16(2)25-23-24-15-20-21(17-7-5-13-28(3)14-12-17)27-29(22(20)26-23)18-8-10-19(30)11-9-18/h15-19,30H,4-14H2,1-3H3,(H,24,25,26)/t16-,17?,18?,19?/m0/s1. The summed E-state index contributed by atoms with van der Waals surface area (Å²) in [6.45, 7) is 6.66. The molecular formula is C23H38N6O. The van der Waals surface area contributed by atoms with Gasteiger partial charge in [0, 0.05) is 18.2 Å². The van der Waals surface area contributed by atoms with Gasteiger partial charge in [0.25, 0.3) is 0 Å². The maximum absolute atomic E-state index is 9.98. The molecule has 7 heteroatoms. The van der Waals surface area contributed by atoms with Crippen molar-refractivity contribution >= 4 is 17.0 Å². The van der Waals surface area contributed by atoms with Crippen molar-refractivity contribution in [2.75, 3.05) is 25.5 Å². The number of anilines is 1. The molecule has 166 valence electrons. The fourth-order valence-corrected chi connectivity index (χ4v) is 5.11. The molecule has 30 heavy (non-hydrogen) atoms. The first-order valence-corrected chi connectivity index (χ1v) is 11.9. The zero-order valence-corrected chi connectivity index (χ0v) is 18.8. The number of aromatic nitrogens is 4. The SMILES string of the molecule is CCC[C@H](C)Nc1ncc2c(C3CCCN(C)CC3)nn(C3CCC(O)CC3)c2n1. The lowest BCUT2D eigenvalue weighted by Gasteiger charge is -2.26. The van der Waals surface area contributed by atoms with Crippen LogP contribution in [0.4, 0.5) is 5.95 Å². The lowest BCUT2D eigenvalue weighted by molar-refractivity contribution is 0.108. The number of hydrogen-bond acceptors (Lipinski definition) is 6. The van der Waals surface area contributed by atoms with E-state index in [9.17, 15) is 5.11 Å². The van der Waals surface area contributed by atoms with Crippen LogP contribution >= 0.6 is 0 Å². The zero-order chi connectivity index (χ0) is 21.1. The van der Waals surface area contributed by atoms with E-state index in [4.69, 9.17) is 10.1 Å². The molecule has 2 aromatic rings. The summed E-state index contributed by atoms with van der Waals surface area (Å²) in [6.07, 6.45) is 11.2. The smallest absolute Gasteiger partial charge is 0.224 e. The number of rotatable bonds is 6. The van der Waals surface area contributed by atoms with Gasteiger partial charge in [0.15, 0.2) is 5.65 Å². The minimum absolute atomic E-state index is 0.165. The maximum atomic E-state index is 9.98. The highest BCUT2D eigenvalue weighted by molar-refractivity contribution is 5.79. The van der Waals surface area contributed by atoms with Gasteiger partial charge in [-0.05, 0) is 78.4 Å². The molecule has 7 nitrogen and oxygen atoms in total. The van der Waals surface area contributed by atoms with Gasteiger partial charge < -0.3 is 15.3 Å². The van der Waals surface area contributed by atoms with Gasteiger partial charge in [-0.3, -0.25) is 0 Å². The summed E-state index contributed by atoms with van der Waals surface area (Å²) in [7, 11) is 2.21. The first-order chi connectivity index (χ1) is 14.5. The quantitative estimate of drug-likeness (QED) is 0.741. The molecule has 2 fully saturated rings. The summed E-state index contributed by atoms with van der Waals surface area (Å²) >= 11 is 0. The summed E-state index contributed by atoms with van der Waals surface area (Å²) in [5.74, 6) is 1.17. The Hall–Kier alpha value is -1.73. The van der Waals surface area contributed by atoms with Crippen molar-refractivity contribution in [1.29, 1.82) is 0 Å². The van der Waals surface area contributed by atoms with Crippen molar-refractivity contribution in [3.63, 3.8) is 0 Å². The molecule has 2 aromatic heterocycles. The van der Waals surface area contributed by atoms with Gasteiger partial charge in [-0.1, -0.05) is 13.3 Å². The molecule has 0 aromatic carbocycles. The van der Waals surface area contributed by atoms with Crippen LogP contribution in [0.25, 0.3) is 11.0 Å². The second kappa shape index (κ2) is 9.60. The van der Waals surface area contributed by atoms with Gasteiger partial charge in [-0.2, -0.15) is 10.1 Å². The number of hydrogen-bond donors (Lipinski definition) is 2. The van der Waals surface area contributed by atoms with Gasteiger partial charge in [0.1, 0.15) is 0 Å². The van der Waals surface area contributed by atoms with E-state index in [0.29, 0.717) is 23.9 Å². The molecule has 0 bridgehead atoms. The van der Waals surface area contributed by atoms with Crippen molar-refractivity contribution in [3.05, 3.63) is 11.9 Å².